The lowest BCUT2D eigenvalue weighted by molar-refractivity contribution is 0.0954. The van der Waals surface area contributed by atoms with E-state index < -0.39 is 10.0 Å². The minimum absolute atomic E-state index is 0.0501. The first-order valence-corrected chi connectivity index (χ1v) is 10.3. The van der Waals surface area contributed by atoms with Crippen LogP contribution in [0, 0.1) is 0 Å². The molecule has 2 aliphatic rings. The van der Waals surface area contributed by atoms with Gasteiger partial charge < -0.3 is 14.8 Å². The summed E-state index contributed by atoms with van der Waals surface area (Å²) in [7, 11) is -3.50. The van der Waals surface area contributed by atoms with Crippen molar-refractivity contribution in [3.05, 3.63) is 53.6 Å². The molecule has 1 aliphatic carbocycles. The van der Waals surface area contributed by atoms with E-state index in [-0.39, 0.29) is 23.6 Å². The van der Waals surface area contributed by atoms with Crippen LogP contribution in [0.5, 0.6) is 11.5 Å². The first-order valence-electron chi connectivity index (χ1n) is 8.80. The van der Waals surface area contributed by atoms with Gasteiger partial charge in [0.2, 0.25) is 16.8 Å². The molecule has 1 saturated carbocycles. The first kappa shape index (κ1) is 17.8. The largest absolute Gasteiger partial charge is 0.454 e. The van der Waals surface area contributed by atoms with Crippen LogP contribution in [-0.2, 0) is 16.4 Å². The Labute approximate surface area is 157 Å². The van der Waals surface area contributed by atoms with Gasteiger partial charge in [0.15, 0.2) is 11.5 Å². The van der Waals surface area contributed by atoms with Crippen molar-refractivity contribution in [2.75, 3.05) is 13.3 Å². The lowest BCUT2D eigenvalue weighted by atomic mass is 10.1. The van der Waals surface area contributed by atoms with Gasteiger partial charge in [0, 0.05) is 18.2 Å². The zero-order chi connectivity index (χ0) is 18.9. The summed E-state index contributed by atoms with van der Waals surface area (Å²) in [6.07, 6.45) is 2.41. The van der Waals surface area contributed by atoms with Crippen LogP contribution in [0.2, 0.25) is 0 Å². The van der Waals surface area contributed by atoms with E-state index in [0.29, 0.717) is 18.5 Å². The Balaban J connectivity index is 1.31. The van der Waals surface area contributed by atoms with Gasteiger partial charge in [0.05, 0.1) is 4.90 Å². The summed E-state index contributed by atoms with van der Waals surface area (Å²) in [6, 6.07) is 11.7. The molecule has 1 heterocycles. The van der Waals surface area contributed by atoms with Crippen LogP contribution in [0.15, 0.2) is 47.4 Å². The molecule has 2 aromatic rings. The number of sulfonamides is 1. The molecule has 27 heavy (non-hydrogen) atoms. The number of benzene rings is 2. The predicted octanol–water partition coefficient (Wildman–Crippen LogP) is 1.83. The number of ether oxygens (including phenoxy) is 2. The zero-order valence-electron chi connectivity index (χ0n) is 14.6. The van der Waals surface area contributed by atoms with E-state index in [2.05, 4.69) is 10.0 Å². The number of carbonyl (C=O) groups is 1. The Kier molecular flexibility index (Phi) is 4.75. The SMILES string of the molecule is O=C(NCCc1ccc2c(c1)OCO2)c1ccc(S(=O)(=O)NC2CC2)cc1. The first-order chi connectivity index (χ1) is 13.0. The molecule has 0 aromatic heterocycles. The average Bonchev–Trinajstić information content (AvgIpc) is 3.33. The third-order valence-corrected chi connectivity index (χ3v) is 6.00. The summed E-state index contributed by atoms with van der Waals surface area (Å²) >= 11 is 0. The van der Waals surface area contributed by atoms with Crippen molar-refractivity contribution in [2.45, 2.75) is 30.2 Å². The van der Waals surface area contributed by atoms with Gasteiger partial charge in [-0.2, -0.15) is 0 Å². The van der Waals surface area contributed by atoms with Crippen molar-refractivity contribution in [1.82, 2.24) is 10.0 Å². The van der Waals surface area contributed by atoms with Crippen LogP contribution in [0.3, 0.4) is 0 Å². The number of carbonyl (C=O) groups excluding carboxylic acids is 1. The molecule has 0 bridgehead atoms. The molecule has 4 rings (SSSR count). The van der Waals surface area contributed by atoms with Gasteiger partial charge >= 0.3 is 0 Å². The van der Waals surface area contributed by atoms with Gasteiger partial charge in [-0.05, 0) is 61.2 Å². The number of fused-ring (bicyclic) bond motifs is 1. The summed E-state index contributed by atoms with van der Waals surface area (Å²) in [5.41, 5.74) is 1.46. The summed E-state index contributed by atoms with van der Waals surface area (Å²) in [5, 5.41) is 2.84. The van der Waals surface area contributed by atoms with E-state index in [0.717, 1.165) is 29.9 Å². The highest BCUT2D eigenvalue weighted by molar-refractivity contribution is 7.89. The van der Waals surface area contributed by atoms with Crippen molar-refractivity contribution in [3.8, 4) is 11.5 Å². The number of rotatable bonds is 7. The van der Waals surface area contributed by atoms with Gasteiger partial charge in [0.1, 0.15) is 0 Å². The topological polar surface area (TPSA) is 93.7 Å². The highest BCUT2D eigenvalue weighted by Gasteiger charge is 2.27. The maximum Gasteiger partial charge on any atom is 0.251 e. The van der Waals surface area contributed by atoms with Gasteiger partial charge in [-0.15, -0.1) is 0 Å². The molecule has 8 heteroatoms. The summed E-state index contributed by atoms with van der Waals surface area (Å²) in [5.74, 6) is 1.21. The number of hydrogen-bond donors (Lipinski definition) is 2. The highest BCUT2D eigenvalue weighted by atomic mass is 32.2. The molecular formula is C19H20N2O5S. The Morgan fingerprint density at radius 3 is 2.52 bits per heavy atom. The number of nitrogens with one attached hydrogen (secondary N) is 2. The molecule has 0 atom stereocenters. The molecule has 7 nitrogen and oxygen atoms in total. The summed E-state index contributed by atoms with van der Waals surface area (Å²) in [6.45, 7) is 0.694. The van der Waals surface area contributed by atoms with E-state index in [1.165, 1.54) is 24.3 Å². The Morgan fingerprint density at radius 2 is 1.78 bits per heavy atom. The van der Waals surface area contributed by atoms with Gasteiger partial charge in [-0.3, -0.25) is 4.79 Å². The second-order valence-electron chi connectivity index (χ2n) is 6.61. The van der Waals surface area contributed by atoms with E-state index >= 15 is 0 Å². The fourth-order valence-corrected chi connectivity index (χ4v) is 4.10. The average molecular weight is 388 g/mol. The smallest absolute Gasteiger partial charge is 0.251 e. The Hall–Kier alpha value is -2.58. The van der Waals surface area contributed by atoms with Crippen LogP contribution in [0.1, 0.15) is 28.8 Å². The molecule has 1 fully saturated rings. The van der Waals surface area contributed by atoms with E-state index in [4.69, 9.17) is 9.47 Å². The third-order valence-electron chi connectivity index (χ3n) is 4.46. The Morgan fingerprint density at radius 1 is 1.04 bits per heavy atom. The Bertz CT molecular complexity index is 953. The quantitative estimate of drug-likeness (QED) is 0.755. The lowest BCUT2D eigenvalue weighted by Crippen LogP contribution is -2.27. The van der Waals surface area contributed by atoms with Gasteiger partial charge in [0.25, 0.3) is 5.91 Å². The molecule has 2 N–H and O–H groups in total. The van der Waals surface area contributed by atoms with Crippen LogP contribution in [-0.4, -0.2) is 33.7 Å². The van der Waals surface area contributed by atoms with E-state index in [1.807, 2.05) is 18.2 Å². The molecule has 2 aromatic carbocycles. The molecule has 1 aliphatic heterocycles. The summed E-state index contributed by atoms with van der Waals surface area (Å²) in [4.78, 5) is 12.4. The standard InChI is InChI=1S/C19H20N2O5S/c22-19(20-10-9-13-1-8-17-18(11-13)26-12-25-17)14-2-6-16(7-3-14)27(23,24)21-15-4-5-15/h1-3,6-8,11,15,21H,4-5,9-10,12H2,(H,20,22). The molecule has 1 amide bonds. The third kappa shape index (κ3) is 4.23. The maximum absolute atomic E-state index is 12.2. The van der Waals surface area contributed by atoms with Crippen molar-refractivity contribution in [3.63, 3.8) is 0 Å². The molecule has 0 unspecified atom stereocenters. The zero-order valence-corrected chi connectivity index (χ0v) is 15.4. The fraction of sp³-hybridized carbons (Fsp3) is 0.316. The predicted molar refractivity (Wildman–Crippen MR) is 98.4 cm³/mol. The monoisotopic (exact) mass is 388 g/mol. The van der Waals surface area contributed by atoms with Crippen LogP contribution in [0.25, 0.3) is 0 Å². The van der Waals surface area contributed by atoms with Gasteiger partial charge in [-0.1, -0.05) is 6.07 Å². The molecule has 0 saturated heterocycles. The van der Waals surface area contributed by atoms with E-state index in [9.17, 15) is 13.2 Å². The minimum Gasteiger partial charge on any atom is -0.454 e. The number of hydrogen-bond acceptors (Lipinski definition) is 5. The number of amides is 1. The molecular weight excluding hydrogens is 368 g/mol. The van der Waals surface area contributed by atoms with Crippen molar-refractivity contribution in [1.29, 1.82) is 0 Å². The normalized spacial score (nSPS) is 15.6. The maximum atomic E-state index is 12.2. The van der Waals surface area contributed by atoms with Crippen molar-refractivity contribution in [2.24, 2.45) is 0 Å². The van der Waals surface area contributed by atoms with Crippen molar-refractivity contribution >= 4 is 15.9 Å². The van der Waals surface area contributed by atoms with Crippen LogP contribution in [0.4, 0.5) is 0 Å². The summed E-state index contributed by atoms with van der Waals surface area (Å²) < 4.78 is 37.5. The second-order valence-corrected chi connectivity index (χ2v) is 8.33. The highest BCUT2D eigenvalue weighted by Crippen LogP contribution is 2.32. The molecule has 0 radical (unpaired) electrons. The van der Waals surface area contributed by atoms with Crippen LogP contribution < -0.4 is 19.5 Å². The molecule has 0 spiro atoms. The molecule has 142 valence electrons. The fourth-order valence-electron chi connectivity index (χ4n) is 2.79. The second kappa shape index (κ2) is 7.21. The lowest BCUT2D eigenvalue weighted by Gasteiger charge is -2.08. The van der Waals surface area contributed by atoms with Gasteiger partial charge in [-0.25, -0.2) is 13.1 Å². The van der Waals surface area contributed by atoms with Crippen molar-refractivity contribution < 1.29 is 22.7 Å². The van der Waals surface area contributed by atoms with E-state index in [1.54, 1.807) is 0 Å². The minimum atomic E-state index is -3.50. The van der Waals surface area contributed by atoms with Crippen LogP contribution >= 0.6 is 0 Å².